The number of benzene rings is 1. The van der Waals surface area contributed by atoms with Crippen molar-refractivity contribution in [3.05, 3.63) is 34.1 Å². The Labute approximate surface area is 118 Å². The predicted molar refractivity (Wildman–Crippen MR) is 75.3 cm³/mol. The quantitative estimate of drug-likeness (QED) is 0.873. The first-order valence-corrected chi connectivity index (χ1v) is 6.49. The summed E-state index contributed by atoms with van der Waals surface area (Å²) in [5.74, 6) is -0.712. The normalized spacial score (nSPS) is 13.4. The molecule has 0 heterocycles. The van der Waals surface area contributed by atoms with Crippen molar-refractivity contribution in [1.82, 2.24) is 0 Å². The smallest absolute Gasteiger partial charge is 0.217 e. The van der Waals surface area contributed by atoms with Crippen LogP contribution < -0.4 is 11.5 Å². The number of primary amides is 1. The van der Waals surface area contributed by atoms with Crippen LogP contribution in [0.25, 0.3) is 0 Å². The van der Waals surface area contributed by atoms with Crippen LogP contribution in [0.15, 0.2) is 12.1 Å². The minimum absolute atomic E-state index is 0.249. The first-order valence-electron chi connectivity index (χ1n) is 6.12. The van der Waals surface area contributed by atoms with Gasteiger partial charge in [0, 0.05) is 17.5 Å². The van der Waals surface area contributed by atoms with Crippen LogP contribution in [0.5, 0.6) is 0 Å². The molecule has 106 valence electrons. The van der Waals surface area contributed by atoms with E-state index in [9.17, 15) is 9.18 Å². The van der Waals surface area contributed by atoms with Gasteiger partial charge in [0.1, 0.15) is 5.82 Å². The summed E-state index contributed by atoms with van der Waals surface area (Å²) in [6.45, 7) is 5.50. The van der Waals surface area contributed by atoms with Gasteiger partial charge in [-0.25, -0.2) is 4.39 Å². The number of halogens is 2. The van der Waals surface area contributed by atoms with Gasteiger partial charge in [-0.15, -0.1) is 0 Å². The Kier molecular flexibility index (Phi) is 4.93. The summed E-state index contributed by atoms with van der Waals surface area (Å²) in [5.41, 5.74) is 12.2. The van der Waals surface area contributed by atoms with Crippen LogP contribution in [0.1, 0.15) is 43.9 Å². The first kappa shape index (κ1) is 15.9. The standard InChI is InChI=1S/C14H20ClFN2O/c1-8-4-9(10(15)5-11(8)16)12(17)6-14(2,3)7-13(18)19/h4-5,12H,6-7,17H2,1-3H3,(H2,18,19). The van der Waals surface area contributed by atoms with Gasteiger partial charge in [-0.2, -0.15) is 0 Å². The molecule has 1 aromatic carbocycles. The zero-order valence-electron chi connectivity index (χ0n) is 11.5. The largest absolute Gasteiger partial charge is 0.370 e. The predicted octanol–water partition coefficient (Wildman–Crippen LogP) is 3.08. The summed E-state index contributed by atoms with van der Waals surface area (Å²) in [6, 6.07) is 2.57. The monoisotopic (exact) mass is 286 g/mol. The van der Waals surface area contributed by atoms with E-state index in [4.69, 9.17) is 23.1 Å². The van der Waals surface area contributed by atoms with E-state index >= 15 is 0 Å². The minimum atomic E-state index is -0.362. The average Bonchev–Trinajstić information content (AvgIpc) is 2.20. The Morgan fingerprint density at radius 1 is 1.47 bits per heavy atom. The van der Waals surface area contributed by atoms with Crippen LogP contribution >= 0.6 is 11.6 Å². The summed E-state index contributed by atoms with van der Waals surface area (Å²) >= 11 is 6.02. The molecule has 0 aromatic heterocycles. The molecular weight excluding hydrogens is 267 g/mol. The fourth-order valence-corrected chi connectivity index (χ4v) is 2.50. The van der Waals surface area contributed by atoms with Crippen molar-refractivity contribution >= 4 is 17.5 Å². The lowest BCUT2D eigenvalue weighted by atomic mass is 9.80. The summed E-state index contributed by atoms with van der Waals surface area (Å²) in [4.78, 5) is 11.0. The molecule has 0 aliphatic rings. The van der Waals surface area contributed by atoms with Gasteiger partial charge < -0.3 is 11.5 Å². The summed E-state index contributed by atoms with van der Waals surface area (Å²) in [7, 11) is 0. The second-order valence-corrected chi connectivity index (χ2v) is 6.15. The topological polar surface area (TPSA) is 69.1 Å². The van der Waals surface area contributed by atoms with Crippen LogP contribution in [0.2, 0.25) is 5.02 Å². The molecule has 4 N–H and O–H groups in total. The molecule has 0 fully saturated rings. The van der Waals surface area contributed by atoms with Crippen molar-refractivity contribution in [1.29, 1.82) is 0 Å². The van der Waals surface area contributed by atoms with E-state index in [0.29, 0.717) is 22.6 Å². The zero-order chi connectivity index (χ0) is 14.8. The van der Waals surface area contributed by atoms with E-state index < -0.39 is 0 Å². The van der Waals surface area contributed by atoms with E-state index in [2.05, 4.69) is 0 Å². The van der Waals surface area contributed by atoms with Crippen LogP contribution in [0.3, 0.4) is 0 Å². The molecule has 5 heteroatoms. The molecule has 0 radical (unpaired) electrons. The van der Waals surface area contributed by atoms with Crippen LogP contribution in [-0.4, -0.2) is 5.91 Å². The van der Waals surface area contributed by atoms with Crippen LogP contribution in [-0.2, 0) is 4.79 Å². The Hall–Kier alpha value is -1.13. The molecule has 0 bridgehead atoms. The van der Waals surface area contributed by atoms with Crippen molar-refractivity contribution in [2.45, 2.75) is 39.7 Å². The maximum absolute atomic E-state index is 13.3. The van der Waals surface area contributed by atoms with Crippen molar-refractivity contribution in [3.63, 3.8) is 0 Å². The van der Waals surface area contributed by atoms with E-state index in [0.717, 1.165) is 0 Å². The van der Waals surface area contributed by atoms with Gasteiger partial charge in [-0.05, 0) is 36.0 Å². The number of hydrogen-bond donors (Lipinski definition) is 2. The Bertz CT molecular complexity index is 489. The maximum atomic E-state index is 13.3. The van der Waals surface area contributed by atoms with E-state index in [1.165, 1.54) is 6.07 Å². The Balaban J connectivity index is 2.92. The number of carbonyl (C=O) groups is 1. The SMILES string of the molecule is Cc1cc(C(N)CC(C)(C)CC(N)=O)c(Cl)cc1F. The molecule has 19 heavy (non-hydrogen) atoms. The molecule has 0 aliphatic heterocycles. The van der Waals surface area contributed by atoms with E-state index in [1.807, 2.05) is 13.8 Å². The first-order chi connectivity index (χ1) is 8.62. The Morgan fingerprint density at radius 2 is 2.05 bits per heavy atom. The third kappa shape index (κ3) is 4.48. The molecule has 1 amide bonds. The van der Waals surface area contributed by atoms with Gasteiger partial charge in [0.15, 0.2) is 0 Å². The van der Waals surface area contributed by atoms with E-state index in [1.54, 1.807) is 13.0 Å². The molecule has 1 aromatic rings. The molecule has 0 saturated heterocycles. The van der Waals surface area contributed by atoms with Gasteiger partial charge in [0.2, 0.25) is 5.91 Å². The lowest BCUT2D eigenvalue weighted by Crippen LogP contribution is -2.27. The van der Waals surface area contributed by atoms with Crippen LogP contribution in [0.4, 0.5) is 4.39 Å². The zero-order valence-corrected chi connectivity index (χ0v) is 12.2. The van der Waals surface area contributed by atoms with Gasteiger partial charge in [-0.3, -0.25) is 4.79 Å². The minimum Gasteiger partial charge on any atom is -0.370 e. The molecular formula is C14H20ClFN2O. The van der Waals surface area contributed by atoms with Gasteiger partial charge in [0.05, 0.1) is 0 Å². The lowest BCUT2D eigenvalue weighted by Gasteiger charge is -2.27. The molecule has 0 spiro atoms. The highest BCUT2D eigenvalue weighted by molar-refractivity contribution is 6.31. The van der Waals surface area contributed by atoms with Crippen molar-refractivity contribution < 1.29 is 9.18 Å². The fraction of sp³-hybridized carbons (Fsp3) is 0.500. The molecule has 1 rings (SSSR count). The number of rotatable bonds is 5. The lowest BCUT2D eigenvalue weighted by molar-refractivity contribution is -0.120. The second-order valence-electron chi connectivity index (χ2n) is 5.74. The summed E-state index contributed by atoms with van der Waals surface area (Å²) < 4.78 is 13.3. The van der Waals surface area contributed by atoms with Crippen LogP contribution in [0, 0.1) is 18.2 Å². The van der Waals surface area contributed by atoms with Crippen molar-refractivity contribution in [3.8, 4) is 0 Å². The number of carbonyl (C=O) groups excluding carboxylic acids is 1. The number of nitrogens with two attached hydrogens (primary N) is 2. The number of hydrogen-bond acceptors (Lipinski definition) is 2. The number of amides is 1. The third-order valence-corrected chi connectivity index (χ3v) is 3.43. The average molecular weight is 287 g/mol. The van der Waals surface area contributed by atoms with Gasteiger partial charge >= 0.3 is 0 Å². The summed E-state index contributed by atoms with van der Waals surface area (Å²) in [5, 5.41) is 0.311. The van der Waals surface area contributed by atoms with E-state index in [-0.39, 0.29) is 29.6 Å². The molecule has 0 saturated carbocycles. The van der Waals surface area contributed by atoms with Gasteiger partial charge in [-0.1, -0.05) is 31.5 Å². The molecule has 1 atom stereocenters. The second kappa shape index (κ2) is 5.88. The Morgan fingerprint density at radius 3 is 2.58 bits per heavy atom. The highest BCUT2D eigenvalue weighted by Crippen LogP contribution is 2.34. The number of aryl methyl sites for hydroxylation is 1. The maximum Gasteiger partial charge on any atom is 0.217 e. The highest BCUT2D eigenvalue weighted by atomic mass is 35.5. The molecule has 1 unspecified atom stereocenters. The summed E-state index contributed by atoms with van der Waals surface area (Å²) in [6.07, 6.45) is 0.791. The van der Waals surface area contributed by atoms with Gasteiger partial charge in [0.25, 0.3) is 0 Å². The third-order valence-electron chi connectivity index (χ3n) is 3.10. The van der Waals surface area contributed by atoms with Crippen molar-refractivity contribution in [2.75, 3.05) is 0 Å². The molecule has 0 aliphatic carbocycles. The highest BCUT2D eigenvalue weighted by Gasteiger charge is 2.25. The van der Waals surface area contributed by atoms with Crippen molar-refractivity contribution in [2.24, 2.45) is 16.9 Å². The molecule has 3 nitrogen and oxygen atoms in total. The fourth-order valence-electron chi connectivity index (χ4n) is 2.21.